The molecule has 0 radical (unpaired) electrons. The first-order chi connectivity index (χ1) is 11.6. The molecule has 4 nitrogen and oxygen atoms in total. The molecule has 1 fully saturated rings. The molecule has 1 N–H and O–H groups in total. The van der Waals surface area contributed by atoms with E-state index in [1.165, 1.54) is 0 Å². The van der Waals surface area contributed by atoms with Crippen molar-refractivity contribution in [2.75, 3.05) is 7.05 Å². The van der Waals surface area contributed by atoms with E-state index < -0.39 is 6.10 Å². The molecule has 1 amide bonds. The van der Waals surface area contributed by atoms with Gasteiger partial charge in [0, 0.05) is 7.05 Å². The molecule has 0 saturated carbocycles. The molecule has 24 heavy (non-hydrogen) atoms. The first-order valence-electron chi connectivity index (χ1n) is 8.26. The van der Waals surface area contributed by atoms with Gasteiger partial charge in [-0.2, -0.15) is 0 Å². The second-order valence-electron chi connectivity index (χ2n) is 6.42. The van der Waals surface area contributed by atoms with Crippen molar-refractivity contribution in [2.45, 2.75) is 32.1 Å². The number of amides is 1. The van der Waals surface area contributed by atoms with Gasteiger partial charge >= 0.3 is 0 Å². The quantitative estimate of drug-likeness (QED) is 0.919. The van der Waals surface area contributed by atoms with Crippen LogP contribution in [0.5, 0.6) is 5.75 Å². The van der Waals surface area contributed by atoms with Gasteiger partial charge in [0.05, 0.1) is 18.1 Å². The van der Waals surface area contributed by atoms with E-state index in [4.69, 9.17) is 4.74 Å². The van der Waals surface area contributed by atoms with Crippen molar-refractivity contribution < 1.29 is 14.6 Å². The van der Waals surface area contributed by atoms with Gasteiger partial charge in [0.25, 0.3) is 0 Å². The summed E-state index contributed by atoms with van der Waals surface area (Å²) in [6, 6.07) is 17.7. The Balaban J connectivity index is 1.60. The molecule has 0 bridgehead atoms. The van der Waals surface area contributed by atoms with E-state index in [0.29, 0.717) is 13.0 Å². The molecular formula is C20H23NO3. The average Bonchev–Trinajstić information content (AvgIpc) is 2.80. The first kappa shape index (κ1) is 16.5. The van der Waals surface area contributed by atoms with Gasteiger partial charge in [-0.15, -0.1) is 0 Å². The maximum atomic E-state index is 11.9. The van der Waals surface area contributed by atoms with E-state index in [2.05, 4.69) is 0 Å². The number of carbonyl (C=O) groups excluding carboxylic acids is 1. The summed E-state index contributed by atoms with van der Waals surface area (Å²) in [7, 11) is 1.76. The zero-order chi connectivity index (χ0) is 17.1. The second-order valence-corrected chi connectivity index (χ2v) is 6.42. The second kappa shape index (κ2) is 7.05. The monoisotopic (exact) mass is 325 g/mol. The summed E-state index contributed by atoms with van der Waals surface area (Å²) in [4.78, 5) is 13.6. The molecular weight excluding hydrogens is 302 g/mol. The standard InChI is InChI=1S/C20H23NO3/c1-14-19(22)18(21(2)20(14)23)12-15-8-10-17(11-9-15)24-13-16-6-4-3-5-7-16/h3-11,14,18-19,22H,12-13H2,1-2H3/t14-,18+,19-/m1/s1. The largest absolute Gasteiger partial charge is 0.489 e. The fourth-order valence-electron chi connectivity index (χ4n) is 3.15. The minimum absolute atomic E-state index is 0.00955. The van der Waals surface area contributed by atoms with E-state index >= 15 is 0 Å². The minimum atomic E-state index is -0.614. The van der Waals surface area contributed by atoms with Crippen LogP contribution in [0, 0.1) is 5.92 Å². The van der Waals surface area contributed by atoms with Gasteiger partial charge in [-0.05, 0) is 29.7 Å². The number of likely N-dealkylation sites (tertiary alicyclic amines) is 1. The highest BCUT2D eigenvalue weighted by atomic mass is 16.5. The third-order valence-electron chi connectivity index (χ3n) is 4.76. The van der Waals surface area contributed by atoms with Crippen LogP contribution in [0.2, 0.25) is 0 Å². The molecule has 3 atom stereocenters. The van der Waals surface area contributed by atoms with Crippen molar-refractivity contribution in [3.8, 4) is 5.75 Å². The van der Waals surface area contributed by atoms with Crippen LogP contribution in [0.15, 0.2) is 54.6 Å². The van der Waals surface area contributed by atoms with Crippen molar-refractivity contribution >= 4 is 5.91 Å². The lowest BCUT2D eigenvalue weighted by molar-refractivity contribution is -0.130. The fourth-order valence-corrected chi connectivity index (χ4v) is 3.15. The van der Waals surface area contributed by atoms with Crippen molar-refractivity contribution in [3.63, 3.8) is 0 Å². The van der Waals surface area contributed by atoms with E-state index in [1.54, 1.807) is 18.9 Å². The maximum absolute atomic E-state index is 11.9. The van der Waals surface area contributed by atoms with Crippen LogP contribution in [0.25, 0.3) is 0 Å². The third kappa shape index (κ3) is 3.44. The maximum Gasteiger partial charge on any atom is 0.228 e. The summed E-state index contributed by atoms with van der Waals surface area (Å²) in [6.07, 6.45) is 0.0312. The lowest BCUT2D eigenvalue weighted by atomic mass is 9.98. The predicted octanol–water partition coefficient (Wildman–Crippen LogP) is 2.65. The molecule has 4 heteroatoms. The molecule has 0 spiro atoms. The van der Waals surface area contributed by atoms with Crippen LogP contribution in [0.3, 0.4) is 0 Å². The van der Waals surface area contributed by atoms with E-state index in [1.807, 2.05) is 54.6 Å². The lowest BCUT2D eigenvalue weighted by Gasteiger charge is -2.22. The number of carbonyl (C=O) groups is 1. The number of hydrogen-bond acceptors (Lipinski definition) is 3. The van der Waals surface area contributed by atoms with Crippen LogP contribution in [0.1, 0.15) is 18.1 Å². The SMILES string of the molecule is C[C@H]1C(=O)N(C)[C@@H](Cc2ccc(OCc3ccccc3)cc2)[C@@H]1O. The van der Waals surface area contributed by atoms with Crippen molar-refractivity contribution in [1.29, 1.82) is 0 Å². The molecule has 1 aliphatic heterocycles. The summed E-state index contributed by atoms with van der Waals surface area (Å²) >= 11 is 0. The van der Waals surface area contributed by atoms with Crippen LogP contribution in [-0.4, -0.2) is 35.1 Å². The van der Waals surface area contributed by atoms with E-state index in [-0.39, 0.29) is 17.9 Å². The van der Waals surface area contributed by atoms with Gasteiger partial charge in [-0.3, -0.25) is 4.79 Å². The van der Waals surface area contributed by atoms with Crippen molar-refractivity contribution in [2.24, 2.45) is 5.92 Å². The third-order valence-corrected chi connectivity index (χ3v) is 4.76. The van der Waals surface area contributed by atoms with Gasteiger partial charge < -0.3 is 14.7 Å². The Bertz CT molecular complexity index is 684. The minimum Gasteiger partial charge on any atom is -0.489 e. The molecule has 2 aromatic rings. The van der Waals surface area contributed by atoms with Gasteiger partial charge in [0.2, 0.25) is 5.91 Å². The highest BCUT2D eigenvalue weighted by molar-refractivity contribution is 5.81. The zero-order valence-electron chi connectivity index (χ0n) is 14.1. The number of likely N-dealkylation sites (N-methyl/N-ethyl adjacent to an activating group) is 1. The summed E-state index contributed by atoms with van der Waals surface area (Å²) in [5.41, 5.74) is 2.21. The molecule has 3 rings (SSSR count). The van der Waals surface area contributed by atoms with Gasteiger partial charge in [0.15, 0.2) is 0 Å². The molecule has 1 heterocycles. The Morgan fingerprint density at radius 3 is 2.29 bits per heavy atom. The molecule has 0 unspecified atom stereocenters. The van der Waals surface area contributed by atoms with Gasteiger partial charge in [-0.25, -0.2) is 0 Å². The molecule has 126 valence electrons. The molecule has 0 aliphatic carbocycles. The van der Waals surface area contributed by atoms with Crippen LogP contribution < -0.4 is 4.74 Å². The number of rotatable bonds is 5. The molecule has 2 aromatic carbocycles. The number of nitrogens with zero attached hydrogens (tertiary/aromatic N) is 1. The normalized spacial score (nSPS) is 23.5. The summed E-state index contributed by atoms with van der Waals surface area (Å²) in [5, 5.41) is 10.2. The predicted molar refractivity (Wildman–Crippen MR) is 92.6 cm³/mol. The first-order valence-corrected chi connectivity index (χ1v) is 8.26. The zero-order valence-corrected chi connectivity index (χ0v) is 14.1. The highest BCUT2D eigenvalue weighted by Gasteiger charge is 2.42. The number of aliphatic hydroxyl groups excluding tert-OH is 1. The van der Waals surface area contributed by atoms with E-state index in [9.17, 15) is 9.90 Å². The van der Waals surface area contributed by atoms with E-state index in [0.717, 1.165) is 16.9 Å². The van der Waals surface area contributed by atoms with Gasteiger partial charge in [-0.1, -0.05) is 49.4 Å². The Morgan fingerprint density at radius 2 is 1.71 bits per heavy atom. The highest BCUT2D eigenvalue weighted by Crippen LogP contribution is 2.26. The summed E-state index contributed by atoms with van der Waals surface area (Å²) < 4.78 is 5.78. The Kier molecular flexibility index (Phi) is 4.86. The Morgan fingerprint density at radius 1 is 1.04 bits per heavy atom. The lowest BCUT2D eigenvalue weighted by Crippen LogP contribution is -2.35. The number of ether oxygens (including phenoxy) is 1. The molecule has 1 aliphatic rings. The number of benzene rings is 2. The topological polar surface area (TPSA) is 49.8 Å². The van der Waals surface area contributed by atoms with Gasteiger partial charge in [0.1, 0.15) is 12.4 Å². The Labute approximate surface area is 142 Å². The number of hydrogen-bond donors (Lipinski definition) is 1. The molecule has 1 saturated heterocycles. The van der Waals surface area contributed by atoms with Crippen LogP contribution in [-0.2, 0) is 17.8 Å². The average molecular weight is 325 g/mol. The number of aliphatic hydroxyl groups is 1. The van der Waals surface area contributed by atoms with Crippen molar-refractivity contribution in [1.82, 2.24) is 4.90 Å². The Hall–Kier alpha value is -2.33. The summed E-state index contributed by atoms with van der Waals surface area (Å²) in [5.74, 6) is 0.496. The fraction of sp³-hybridized carbons (Fsp3) is 0.350. The smallest absolute Gasteiger partial charge is 0.228 e. The van der Waals surface area contributed by atoms with Crippen LogP contribution >= 0.6 is 0 Å². The molecule has 0 aromatic heterocycles. The van der Waals surface area contributed by atoms with Crippen molar-refractivity contribution in [3.05, 3.63) is 65.7 Å². The van der Waals surface area contributed by atoms with Crippen LogP contribution in [0.4, 0.5) is 0 Å². The summed E-state index contributed by atoms with van der Waals surface area (Å²) in [6.45, 7) is 2.32.